The van der Waals surface area contributed by atoms with Gasteiger partial charge < -0.3 is 15.4 Å². The Bertz CT molecular complexity index is 814. The maximum Gasteiger partial charge on any atom is 0.269 e. The Labute approximate surface area is 149 Å². The summed E-state index contributed by atoms with van der Waals surface area (Å²) in [5.74, 6) is 0.159. The number of anilines is 2. The van der Waals surface area contributed by atoms with Crippen LogP contribution in [0.2, 0.25) is 0 Å². The molecule has 2 amide bonds. The number of hydrogen-bond acceptors (Lipinski definition) is 5. The Morgan fingerprint density at radius 3 is 2.12 bits per heavy atom. The Balaban J connectivity index is 1.46. The second-order valence-corrected chi connectivity index (χ2v) is 5.93. The van der Waals surface area contributed by atoms with Crippen LogP contribution >= 0.6 is 0 Å². The molecule has 134 valence electrons. The van der Waals surface area contributed by atoms with Crippen LogP contribution in [0.15, 0.2) is 48.5 Å². The van der Waals surface area contributed by atoms with Crippen molar-refractivity contribution in [3.63, 3.8) is 0 Å². The summed E-state index contributed by atoms with van der Waals surface area (Å²) >= 11 is 0. The van der Waals surface area contributed by atoms with Crippen molar-refractivity contribution in [1.82, 2.24) is 0 Å². The smallest absolute Gasteiger partial charge is 0.269 e. The number of hydrogen-bond donors (Lipinski definition) is 2. The molecule has 8 nitrogen and oxygen atoms in total. The highest BCUT2D eigenvalue weighted by Gasteiger charge is 2.29. The molecule has 2 aromatic rings. The zero-order valence-electron chi connectivity index (χ0n) is 13.8. The Morgan fingerprint density at radius 2 is 1.58 bits per heavy atom. The summed E-state index contributed by atoms with van der Waals surface area (Å²) in [6.45, 7) is -0.224. The van der Waals surface area contributed by atoms with Crippen molar-refractivity contribution in [2.24, 2.45) is 5.92 Å². The monoisotopic (exact) mass is 355 g/mol. The van der Waals surface area contributed by atoms with E-state index in [1.54, 1.807) is 24.3 Å². The molecule has 0 heterocycles. The molecule has 26 heavy (non-hydrogen) atoms. The number of carbonyl (C=O) groups is 2. The molecule has 3 rings (SSSR count). The largest absolute Gasteiger partial charge is 0.484 e. The summed E-state index contributed by atoms with van der Waals surface area (Å²) in [6, 6.07) is 12.3. The van der Waals surface area contributed by atoms with Crippen LogP contribution in [0.5, 0.6) is 5.75 Å². The molecule has 1 aliphatic carbocycles. The van der Waals surface area contributed by atoms with Gasteiger partial charge in [-0.1, -0.05) is 0 Å². The molecule has 8 heteroatoms. The van der Waals surface area contributed by atoms with E-state index in [9.17, 15) is 19.7 Å². The minimum atomic E-state index is -0.507. The molecular formula is C18H17N3O5. The number of nitrogens with one attached hydrogen (secondary N) is 2. The predicted molar refractivity (Wildman–Crippen MR) is 95.0 cm³/mol. The second-order valence-electron chi connectivity index (χ2n) is 5.93. The topological polar surface area (TPSA) is 111 Å². The van der Waals surface area contributed by atoms with E-state index in [0.29, 0.717) is 17.1 Å². The van der Waals surface area contributed by atoms with Crippen LogP contribution < -0.4 is 15.4 Å². The summed E-state index contributed by atoms with van der Waals surface area (Å²) in [7, 11) is 0. The lowest BCUT2D eigenvalue weighted by Crippen LogP contribution is -2.20. The van der Waals surface area contributed by atoms with Gasteiger partial charge in [0.25, 0.3) is 11.6 Å². The van der Waals surface area contributed by atoms with Crippen LogP contribution in [-0.2, 0) is 9.59 Å². The fourth-order valence-electron chi connectivity index (χ4n) is 2.24. The summed E-state index contributed by atoms with van der Waals surface area (Å²) in [6.07, 6.45) is 1.88. The number of non-ortho nitro benzene ring substituents is 1. The van der Waals surface area contributed by atoms with E-state index >= 15 is 0 Å². The molecule has 1 fully saturated rings. The lowest BCUT2D eigenvalue weighted by atomic mass is 10.2. The van der Waals surface area contributed by atoms with E-state index in [4.69, 9.17) is 4.74 Å². The van der Waals surface area contributed by atoms with E-state index in [1.807, 2.05) is 0 Å². The first kappa shape index (κ1) is 17.4. The molecule has 2 aromatic carbocycles. The zero-order valence-corrected chi connectivity index (χ0v) is 13.8. The third-order valence-corrected chi connectivity index (χ3v) is 3.80. The first-order valence-electron chi connectivity index (χ1n) is 8.09. The number of nitrogens with zero attached hydrogens (tertiary/aromatic N) is 1. The minimum absolute atomic E-state index is 0.0262. The maximum absolute atomic E-state index is 11.9. The van der Waals surface area contributed by atoms with Gasteiger partial charge in [-0.2, -0.15) is 0 Å². The van der Waals surface area contributed by atoms with Gasteiger partial charge in [0.1, 0.15) is 5.75 Å². The molecular weight excluding hydrogens is 338 g/mol. The van der Waals surface area contributed by atoms with Crippen molar-refractivity contribution in [2.75, 3.05) is 17.2 Å². The fraction of sp³-hybridized carbons (Fsp3) is 0.222. The van der Waals surface area contributed by atoms with Crippen LogP contribution in [0.1, 0.15) is 12.8 Å². The van der Waals surface area contributed by atoms with Gasteiger partial charge in [-0.15, -0.1) is 0 Å². The van der Waals surface area contributed by atoms with Gasteiger partial charge in [0, 0.05) is 29.4 Å². The van der Waals surface area contributed by atoms with E-state index in [1.165, 1.54) is 24.3 Å². The Morgan fingerprint density at radius 1 is 1.00 bits per heavy atom. The number of ether oxygens (including phenoxy) is 1. The van der Waals surface area contributed by atoms with E-state index in [-0.39, 0.29) is 30.0 Å². The molecule has 0 aliphatic heterocycles. The van der Waals surface area contributed by atoms with E-state index in [2.05, 4.69) is 10.6 Å². The van der Waals surface area contributed by atoms with Crippen LogP contribution in [-0.4, -0.2) is 23.3 Å². The third kappa shape index (κ3) is 4.79. The van der Waals surface area contributed by atoms with Crippen LogP contribution in [0.3, 0.4) is 0 Å². The fourth-order valence-corrected chi connectivity index (χ4v) is 2.24. The van der Waals surface area contributed by atoms with Crippen LogP contribution in [0.4, 0.5) is 17.1 Å². The third-order valence-electron chi connectivity index (χ3n) is 3.80. The molecule has 0 saturated heterocycles. The SMILES string of the molecule is O=C(COc1ccc([N+](=O)[O-])cc1)Nc1ccc(NC(=O)C2CC2)cc1. The van der Waals surface area contributed by atoms with Crippen molar-refractivity contribution in [3.05, 3.63) is 58.6 Å². The number of benzene rings is 2. The molecule has 0 bridgehead atoms. The zero-order chi connectivity index (χ0) is 18.5. The average Bonchev–Trinajstić information content (AvgIpc) is 3.47. The van der Waals surface area contributed by atoms with Gasteiger partial charge in [0.05, 0.1) is 4.92 Å². The Hall–Kier alpha value is -3.42. The molecule has 0 radical (unpaired) electrons. The van der Waals surface area contributed by atoms with Crippen molar-refractivity contribution in [1.29, 1.82) is 0 Å². The highest BCUT2D eigenvalue weighted by atomic mass is 16.6. The summed E-state index contributed by atoms with van der Waals surface area (Å²) in [4.78, 5) is 33.7. The first-order valence-corrected chi connectivity index (χ1v) is 8.09. The standard InChI is InChI=1S/C18H17N3O5/c22-17(11-26-16-9-7-15(8-10-16)21(24)25)19-13-3-5-14(6-4-13)20-18(23)12-1-2-12/h3-10,12H,1-2,11H2,(H,19,22)(H,20,23). The quantitative estimate of drug-likeness (QED) is 0.586. The lowest BCUT2D eigenvalue weighted by molar-refractivity contribution is -0.384. The molecule has 2 N–H and O–H groups in total. The predicted octanol–water partition coefficient (Wildman–Crippen LogP) is 2.96. The van der Waals surface area contributed by atoms with E-state index in [0.717, 1.165) is 12.8 Å². The highest BCUT2D eigenvalue weighted by molar-refractivity contribution is 5.95. The lowest BCUT2D eigenvalue weighted by Gasteiger charge is -2.09. The highest BCUT2D eigenvalue weighted by Crippen LogP contribution is 2.30. The molecule has 0 unspecified atom stereocenters. The maximum atomic E-state index is 11.9. The van der Waals surface area contributed by atoms with Gasteiger partial charge in [0.2, 0.25) is 5.91 Å². The van der Waals surface area contributed by atoms with Crippen molar-refractivity contribution in [2.45, 2.75) is 12.8 Å². The van der Waals surface area contributed by atoms with Crippen molar-refractivity contribution in [3.8, 4) is 5.75 Å². The number of nitro groups is 1. The average molecular weight is 355 g/mol. The number of rotatable bonds is 7. The summed E-state index contributed by atoms with van der Waals surface area (Å²) < 4.78 is 5.29. The van der Waals surface area contributed by atoms with Crippen LogP contribution in [0, 0.1) is 16.0 Å². The van der Waals surface area contributed by atoms with Gasteiger partial charge >= 0.3 is 0 Å². The van der Waals surface area contributed by atoms with Crippen molar-refractivity contribution >= 4 is 28.9 Å². The number of nitro benzene ring substituents is 1. The summed E-state index contributed by atoms with van der Waals surface area (Å²) in [5, 5.41) is 16.1. The van der Waals surface area contributed by atoms with Gasteiger partial charge in [0.15, 0.2) is 6.61 Å². The molecule has 0 spiro atoms. The number of amides is 2. The molecule has 0 aromatic heterocycles. The van der Waals surface area contributed by atoms with Crippen LogP contribution in [0.25, 0.3) is 0 Å². The minimum Gasteiger partial charge on any atom is -0.484 e. The number of carbonyl (C=O) groups excluding carboxylic acids is 2. The molecule has 1 aliphatic rings. The second kappa shape index (κ2) is 7.64. The van der Waals surface area contributed by atoms with E-state index < -0.39 is 4.92 Å². The Kier molecular flexibility index (Phi) is 5.12. The van der Waals surface area contributed by atoms with Gasteiger partial charge in [-0.25, -0.2) is 0 Å². The molecule has 0 atom stereocenters. The normalized spacial score (nSPS) is 12.9. The van der Waals surface area contributed by atoms with Gasteiger partial charge in [-0.05, 0) is 49.2 Å². The first-order chi connectivity index (χ1) is 12.5. The van der Waals surface area contributed by atoms with Gasteiger partial charge in [-0.3, -0.25) is 19.7 Å². The van der Waals surface area contributed by atoms with Crippen molar-refractivity contribution < 1.29 is 19.2 Å². The molecule has 1 saturated carbocycles. The summed E-state index contributed by atoms with van der Waals surface area (Å²) in [5.41, 5.74) is 1.21.